The third-order valence-corrected chi connectivity index (χ3v) is 3.72. The van der Waals surface area contributed by atoms with Gasteiger partial charge in [-0.25, -0.2) is 9.50 Å². The molecule has 2 N–H and O–H groups in total. The van der Waals surface area contributed by atoms with Crippen molar-refractivity contribution in [2.24, 2.45) is 0 Å². The van der Waals surface area contributed by atoms with Gasteiger partial charge in [0.05, 0.1) is 17.9 Å². The molecule has 0 aliphatic heterocycles. The highest BCUT2D eigenvalue weighted by atomic mass is 16.1. The van der Waals surface area contributed by atoms with E-state index in [0.29, 0.717) is 16.9 Å². The van der Waals surface area contributed by atoms with Crippen LogP contribution in [0.5, 0.6) is 0 Å². The Hall–Kier alpha value is -3.22. The van der Waals surface area contributed by atoms with Gasteiger partial charge >= 0.3 is 0 Å². The molecule has 0 unspecified atom stereocenters. The number of anilines is 1. The maximum absolute atomic E-state index is 12.6. The lowest BCUT2D eigenvalue weighted by molar-refractivity contribution is 0.102. The number of nitrogens with zero attached hydrogens (tertiary/aromatic N) is 4. The second-order valence-electron chi connectivity index (χ2n) is 5.46. The van der Waals surface area contributed by atoms with E-state index < -0.39 is 0 Å². The maximum atomic E-state index is 12.6. The lowest BCUT2D eigenvalue weighted by Crippen LogP contribution is -2.12. The Balaban J connectivity index is 1.71. The molecule has 0 atom stereocenters. The monoisotopic (exact) mass is 306 g/mol. The maximum Gasteiger partial charge on any atom is 0.261 e. The molecule has 0 fully saturated rings. The summed E-state index contributed by atoms with van der Waals surface area (Å²) in [5.74, 6) is -0.239. The van der Waals surface area contributed by atoms with Crippen molar-refractivity contribution in [3.8, 4) is 0 Å². The Kier molecular flexibility index (Phi) is 2.87. The molecule has 3 heterocycles. The predicted octanol–water partition coefficient (Wildman–Crippen LogP) is 2.47. The highest BCUT2D eigenvalue weighted by Gasteiger charge is 2.15. The predicted molar refractivity (Wildman–Crippen MR) is 86.5 cm³/mol. The summed E-state index contributed by atoms with van der Waals surface area (Å²) in [6, 6.07) is 7.51. The van der Waals surface area contributed by atoms with Crippen molar-refractivity contribution in [1.29, 1.82) is 0 Å². The minimum Gasteiger partial charge on any atom is -0.322 e. The number of nitrogens with one attached hydrogen (secondary N) is 2. The van der Waals surface area contributed by atoms with Crippen LogP contribution in [0.1, 0.15) is 21.7 Å². The number of carbonyl (C=O) groups excluding carboxylic acids is 1. The van der Waals surface area contributed by atoms with Crippen LogP contribution in [0.3, 0.4) is 0 Å². The van der Waals surface area contributed by atoms with Crippen LogP contribution in [-0.4, -0.2) is 30.7 Å². The fourth-order valence-electron chi connectivity index (χ4n) is 2.64. The van der Waals surface area contributed by atoms with E-state index in [1.54, 1.807) is 16.9 Å². The van der Waals surface area contributed by atoms with E-state index in [0.717, 1.165) is 22.3 Å². The highest BCUT2D eigenvalue weighted by Crippen LogP contribution is 2.18. The number of fused-ring (bicyclic) bond motifs is 2. The first kappa shape index (κ1) is 13.4. The number of amides is 1. The van der Waals surface area contributed by atoms with Gasteiger partial charge in [-0.1, -0.05) is 0 Å². The molecule has 1 aromatic carbocycles. The van der Waals surface area contributed by atoms with Gasteiger partial charge in [0.25, 0.3) is 5.91 Å². The van der Waals surface area contributed by atoms with Gasteiger partial charge < -0.3 is 5.32 Å². The Labute approximate surface area is 131 Å². The van der Waals surface area contributed by atoms with Gasteiger partial charge in [-0.15, -0.1) is 0 Å². The summed E-state index contributed by atoms with van der Waals surface area (Å²) in [5.41, 5.74) is 4.35. The third kappa shape index (κ3) is 2.22. The van der Waals surface area contributed by atoms with Gasteiger partial charge in [-0.05, 0) is 38.1 Å². The summed E-state index contributed by atoms with van der Waals surface area (Å²) >= 11 is 0. The van der Waals surface area contributed by atoms with Crippen molar-refractivity contribution in [2.45, 2.75) is 13.8 Å². The molecule has 0 aliphatic rings. The van der Waals surface area contributed by atoms with Crippen molar-refractivity contribution < 1.29 is 4.79 Å². The third-order valence-electron chi connectivity index (χ3n) is 3.72. The normalized spacial score (nSPS) is 11.2. The number of benzene rings is 1. The summed E-state index contributed by atoms with van der Waals surface area (Å²) in [6.45, 7) is 3.83. The molecule has 0 spiro atoms. The van der Waals surface area contributed by atoms with E-state index in [1.165, 1.54) is 0 Å². The molecule has 3 aromatic heterocycles. The van der Waals surface area contributed by atoms with E-state index in [9.17, 15) is 4.79 Å². The summed E-state index contributed by atoms with van der Waals surface area (Å²) in [6.07, 6.45) is 3.28. The Morgan fingerprint density at radius 1 is 1.22 bits per heavy atom. The van der Waals surface area contributed by atoms with E-state index in [2.05, 4.69) is 25.6 Å². The van der Waals surface area contributed by atoms with Crippen LogP contribution in [0.2, 0.25) is 0 Å². The summed E-state index contributed by atoms with van der Waals surface area (Å²) < 4.78 is 1.67. The van der Waals surface area contributed by atoms with Crippen LogP contribution in [-0.2, 0) is 0 Å². The van der Waals surface area contributed by atoms with Gasteiger partial charge in [0.1, 0.15) is 5.56 Å². The largest absolute Gasteiger partial charge is 0.322 e. The Bertz CT molecular complexity index is 1050. The number of hydrogen-bond donors (Lipinski definition) is 2. The molecular formula is C16H14N6O. The van der Waals surface area contributed by atoms with Crippen LogP contribution in [0.4, 0.5) is 5.69 Å². The van der Waals surface area contributed by atoms with Gasteiger partial charge in [0, 0.05) is 22.5 Å². The molecule has 7 heteroatoms. The van der Waals surface area contributed by atoms with Gasteiger partial charge in [-0.2, -0.15) is 10.2 Å². The van der Waals surface area contributed by atoms with Crippen molar-refractivity contribution in [3.05, 3.63) is 53.6 Å². The zero-order valence-electron chi connectivity index (χ0n) is 12.7. The van der Waals surface area contributed by atoms with E-state index in [1.807, 2.05) is 38.1 Å². The summed E-state index contributed by atoms with van der Waals surface area (Å²) in [5, 5.41) is 15.0. The van der Waals surface area contributed by atoms with Gasteiger partial charge in [0.15, 0.2) is 5.65 Å². The molecule has 0 saturated heterocycles. The minimum absolute atomic E-state index is 0.239. The van der Waals surface area contributed by atoms with Crippen molar-refractivity contribution in [3.63, 3.8) is 0 Å². The minimum atomic E-state index is -0.239. The number of hydrogen-bond acceptors (Lipinski definition) is 4. The van der Waals surface area contributed by atoms with E-state index in [4.69, 9.17) is 0 Å². The number of aromatic amines is 1. The molecule has 4 rings (SSSR count). The number of H-pyrrole nitrogens is 1. The molecule has 0 aliphatic carbocycles. The summed E-state index contributed by atoms with van der Waals surface area (Å²) in [4.78, 5) is 17.0. The molecule has 23 heavy (non-hydrogen) atoms. The molecule has 0 bridgehead atoms. The SMILES string of the molecule is Cc1cc(C)n2ncc(C(=O)Nc3ccc4cn[nH]c4c3)c2n1. The van der Waals surface area contributed by atoms with E-state index in [-0.39, 0.29) is 5.91 Å². The highest BCUT2D eigenvalue weighted by molar-refractivity contribution is 6.08. The number of carbonyl (C=O) groups is 1. The Morgan fingerprint density at radius 2 is 2.09 bits per heavy atom. The van der Waals surface area contributed by atoms with Crippen molar-refractivity contribution >= 4 is 28.1 Å². The fraction of sp³-hybridized carbons (Fsp3) is 0.125. The molecule has 0 saturated carbocycles. The second kappa shape index (κ2) is 4.91. The van der Waals surface area contributed by atoms with Crippen LogP contribution in [0, 0.1) is 13.8 Å². The van der Waals surface area contributed by atoms with Crippen LogP contribution < -0.4 is 5.32 Å². The lowest BCUT2D eigenvalue weighted by Gasteiger charge is -2.05. The van der Waals surface area contributed by atoms with Crippen molar-refractivity contribution in [1.82, 2.24) is 24.8 Å². The molecule has 114 valence electrons. The average Bonchev–Trinajstić information content (AvgIpc) is 3.12. The fourth-order valence-corrected chi connectivity index (χ4v) is 2.64. The average molecular weight is 306 g/mol. The topological polar surface area (TPSA) is 88.0 Å². The zero-order valence-corrected chi connectivity index (χ0v) is 12.7. The molecule has 1 amide bonds. The lowest BCUT2D eigenvalue weighted by atomic mass is 10.2. The first-order valence-electron chi connectivity index (χ1n) is 7.18. The van der Waals surface area contributed by atoms with Gasteiger partial charge in [-0.3, -0.25) is 9.89 Å². The second-order valence-corrected chi connectivity index (χ2v) is 5.46. The van der Waals surface area contributed by atoms with Crippen LogP contribution >= 0.6 is 0 Å². The molecule has 4 aromatic rings. The van der Waals surface area contributed by atoms with Gasteiger partial charge in [0.2, 0.25) is 0 Å². The van der Waals surface area contributed by atoms with Crippen LogP contribution in [0.25, 0.3) is 16.6 Å². The standard InChI is InChI=1S/C16H14N6O/c1-9-5-10(2)22-15(19-9)13(8-18-22)16(23)20-12-4-3-11-7-17-21-14(11)6-12/h3-8H,1-2H3,(H,17,21)(H,20,23). The van der Waals surface area contributed by atoms with E-state index >= 15 is 0 Å². The number of aryl methyl sites for hydroxylation is 2. The quantitative estimate of drug-likeness (QED) is 0.595. The molecule has 0 radical (unpaired) electrons. The smallest absolute Gasteiger partial charge is 0.261 e. The number of aromatic nitrogens is 5. The van der Waals surface area contributed by atoms with Crippen molar-refractivity contribution in [2.75, 3.05) is 5.32 Å². The first-order valence-corrected chi connectivity index (χ1v) is 7.18. The molecule has 7 nitrogen and oxygen atoms in total. The summed E-state index contributed by atoms with van der Waals surface area (Å²) in [7, 11) is 0. The number of rotatable bonds is 2. The van der Waals surface area contributed by atoms with Crippen LogP contribution in [0.15, 0.2) is 36.7 Å². The zero-order chi connectivity index (χ0) is 16.0. The Morgan fingerprint density at radius 3 is 2.96 bits per heavy atom. The first-order chi connectivity index (χ1) is 11.1. The molecular weight excluding hydrogens is 292 g/mol.